The summed E-state index contributed by atoms with van der Waals surface area (Å²) < 4.78 is 0. The van der Waals surface area contributed by atoms with Crippen molar-refractivity contribution in [1.29, 1.82) is 0 Å². The van der Waals surface area contributed by atoms with Gasteiger partial charge in [-0.3, -0.25) is 0 Å². The summed E-state index contributed by atoms with van der Waals surface area (Å²) in [5, 5.41) is 1.38. The van der Waals surface area contributed by atoms with Gasteiger partial charge in [0.05, 0.1) is 0 Å². The van der Waals surface area contributed by atoms with E-state index in [9.17, 15) is 0 Å². The van der Waals surface area contributed by atoms with E-state index in [0.29, 0.717) is 0 Å². The third-order valence-electron chi connectivity index (χ3n) is 3.52. The summed E-state index contributed by atoms with van der Waals surface area (Å²) in [5.74, 6) is 0.810. The van der Waals surface area contributed by atoms with Crippen molar-refractivity contribution in [1.82, 2.24) is 4.98 Å². The molecule has 1 nitrogen and oxygen atoms in total. The first-order chi connectivity index (χ1) is 7.74. The Labute approximate surface area is 96.2 Å². The van der Waals surface area contributed by atoms with Crippen LogP contribution < -0.4 is 0 Å². The lowest BCUT2D eigenvalue weighted by Gasteiger charge is -2.03. The summed E-state index contributed by atoms with van der Waals surface area (Å²) in [7, 11) is 0. The van der Waals surface area contributed by atoms with Gasteiger partial charge in [-0.2, -0.15) is 0 Å². The topological polar surface area (TPSA) is 15.8 Å². The molecule has 0 amide bonds. The van der Waals surface area contributed by atoms with Gasteiger partial charge in [0.1, 0.15) is 0 Å². The molecule has 82 valence electrons. The number of aromatic amines is 1. The van der Waals surface area contributed by atoms with Crippen molar-refractivity contribution in [3.8, 4) is 0 Å². The van der Waals surface area contributed by atoms with Gasteiger partial charge in [-0.25, -0.2) is 0 Å². The van der Waals surface area contributed by atoms with Crippen LogP contribution in [0.1, 0.15) is 30.9 Å². The highest BCUT2D eigenvalue weighted by Gasteiger charge is 2.16. The highest BCUT2D eigenvalue weighted by atomic mass is 14.7. The maximum Gasteiger partial charge on any atom is 0.0460 e. The normalized spacial score (nSPS) is 20.4. The van der Waals surface area contributed by atoms with Gasteiger partial charge in [0, 0.05) is 22.7 Å². The molecule has 0 radical (unpaired) electrons. The zero-order valence-corrected chi connectivity index (χ0v) is 9.88. The summed E-state index contributed by atoms with van der Waals surface area (Å²) in [5.41, 5.74) is 5.51. The Morgan fingerprint density at radius 1 is 1.31 bits per heavy atom. The van der Waals surface area contributed by atoms with Gasteiger partial charge in [0.2, 0.25) is 0 Å². The minimum Gasteiger partial charge on any atom is -0.361 e. The quantitative estimate of drug-likeness (QED) is 0.724. The highest BCUT2D eigenvalue weighted by molar-refractivity contribution is 5.93. The fraction of sp³-hybridized carbons (Fsp3) is 0.333. The van der Waals surface area contributed by atoms with Crippen LogP contribution in [0.4, 0.5) is 0 Å². The molecule has 0 fully saturated rings. The first-order valence-electron chi connectivity index (χ1n) is 6.01. The molecule has 0 saturated carbocycles. The Balaban J connectivity index is 2.14. The van der Waals surface area contributed by atoms with Crippen LogP contribution in [0.3, 0.4) is 0 Å². The van der Waals surface area contributed by atoms with Gasteiger partial charge < -0.3 is 4.98 Å². The van der Waals surface area contributed by atoms with E-state index >= 15 is 0 Å². The summed E-state index contributed by atoms with van der Waals surface area (Å²) in [6.07, 6.45) is 7.01. The molecule has 0 saturated heterocycles. The van der Waals surface area contributed by atoms with E-state index in [2.05, 4.69) is 49.3 Å². The van der Waals surface area contributed by atoms with Crippen molar-refractivity contribution in [3.63, 3.8) is 0 Å². The number of hydrogen-bond donors (Lipinski definition) is 1. The molecule has 2 aromatic rings. The number of H-pyrrole nitrogens is 1. The number of nitrogens with one attached hydrogen (secondary N) is 1. The Morgan fingerprint density at radius 2 is 2.19 bits per heavy atom. The fourth-order valence-electron chi connectivity index (χ4n) is 2.61. The average molecular weight is 211 g/mol. The van der Waals surface area contributed by atoms with Crippen LogP contribution in [0.5, 0.6) is 0 Å². The van der Waals surface area contributed by atoms with E-state index in [1.54, 1.807) is 0 Å². The molecule has 1 N–H and O–H groups in total. The van der Waals surface area contributed by atoms with Crippen molar-refractivity contribution >= 4 is 16.5 Å². The van der Waals surface area contributed by atoms with Crippen molar-refractivity contribution in [2.24, 2.45) is 5.92 Å². The van der Waals surface area contributed by atoms with E-state index in [1.807, 2.05) is 0 Å². The number of hydrogen-bond acceptors (Lipinski definition) is 0. The zero-order valence-electron chi connectivity index (χ0n) is 9.88. The third-order valence-corrected chi connectivity index (χ3v) is 3.52. The Morgan fingerprint density at radius 3 is 2.94 bits per heavy atom. The first-order valence-corrected chi connectivity index (χ1v) is 6.01. The smallest absolute Gasteiger partial charge is 0.0460 e. The van der Waals surface area contributed by atoms with E-state index in [0.717, 1.165) is 5.92 Å². The molecule has 16 heavy (non-hydrogen) atoms. The molecule has 0 bridgehead atoms. The number of rotatable bonds is 1. The molecule has 1 heterocycles. The fourth-order valence-corrected chi connectivity index (χ4v) is 2.61. The summed E-state index contributed by atoms with van der Waals surface area (Å²) >= 11 is 0. The van der Waals surface area contributed by atoms with Gasteiger partial charge in [-0.1, -0.05) is 24.6 Å². The lowest BCUT2D eigenvalue weighted by Crippen LogP contribution is -1.85. The van der Waals surface area contributed by atoms with Crippen LogP contribution >= 0.6 is 0 Å². The number of aromatic nitrogens is 1. The summed E-state index contributed by atoms with van der Waals surface area (Å²) in [6, 6.07) is 6.62. The largest absolute Gasteiger partial charge is 0.361 e. The molecular formula is C15H17N. The second-order valence-electron chi connectivity index (χ2n) is 5.03. The second-order valence-corrected chi connectivity index (χ2v) is 5.03. The Hall–Kier alpha value is -1.50. The van der Waals surface area contributed by atoms with E-state index in [1.165, 1.54) is 40.4 Å². The Kier molecular flexibility index (Phi) is 2.13. The lowest BCUT2D eigenvalue weighted by molar-refractivity contribution is 0.642. The van der Waals surface area contributed by atoms with Crippen LogP contribution in [0, 0.1) is 12.8 Å². The van der Waals surface area contributed by atoms with Crippen molar-refractivity contribution in [2.75, 3.05) is 0 Å². The van der Waals surface area contributed by atoms with E-state index in [4.69, 9.17) is 0 Å². The molecule has 0 spiro atoms. The van der Waals surface area contributed by atoms with Crippen molar-refractivity contribution < 1.29 is 0 Å². The molecule has 1 aliphatic carbocycles. The monoisotopic (exact) mass is 211 g/mol. The molecule has 1 atom stereocenters. The van der Waals surface area contributed by atoms with E-state index < -0.39 is 0 Å². The van der Waals surface area contributed by atoms with Crippen molar-refractivity contribution in [3.05, 3.63) is 41.6 Å². The van der Waals surface area contributed by atoms with Crippen LogP contribution in [-0.2, 0) is 0 Å². The number of fused-ring (bicyclic) bond motifs is 1. The third kappa shape index (κ3) is 1.47. The predicted molar refractivity (Wildman–Crippen MR) is 69.4 cm³/mol. The SMILES string of the molecule is Cc1ccc2[nH]cc(C3=CCC(C)C3)c2c1. The average Bonchev–Trinajstić information content (AvgIpc) is 2.83. The van der Waals surface area contributed by atoms with Crippen LogP contribution in [-0.4, -0.2) is 4.98 Å². The standard InChI is InChI=1S/C15H17N/c1-10-3-5-12(7-10)14-9-16-15-6-4-11(2)8-13(14)15/h4-6,8-10,16H,3,7H2,1-2H3. The Bertz CT molecular complexity index is 560. The molecule has 1 unspecified atom stereocenters. The molecule has 1 aliphatic rings. The van der Waals surface area contributed by atoms with Gasteiger partial charge >= 0.3 is 0 Å². The maximum atomic E-state index is 3.37. The number of benzene rings is 1. The molecule has 1 heteroatoms. The maximum absolute atomic E-state index is 3.37. The molecular weight excluding hydrogens is 194 g/mol. The lowest BCUT2D eigenvalue weighted by atomic mass is 10.0. The van der Waals surface area contributed by atoms with Crippen LogP contribution in [0.15, 0.2) is 30.5 Å². The number of allylic oxidation sites excluding steroid dienone is 2. The number of aryl methyl sites for hydroxylation is 1. The van der Waals surface area contributed by atoms with Gasteiger partial charge in [0.25, 0.3) is 0 Å². The zero-order chi connectivity index (χ0) is 11.1. The molecule has 0 aliphatic heterocycles. The van der Waals surface area contributed by atoms with Gasteiger partial charge in [0.15, 0.2) is 0 Å². The molecule has 3 rings (SSSR count). The summed E-state index contributed by atoms with van der Waals surface area (Å²) in [6.45, 7) is 4.48. The molecule has 1 aromatic carbocycles. The van der Waals surface area contributed by atoms with Crippen LogP contribution in [0.25, 0.3) is 16.5 Å². The first kappa shape index (κ1) is 9.71. The van der Waals surface area contributed by atoms with Gasteiger partial charge in [-0.15, -0.1) is 0 Å². The predicted octanol–water partition coefficient (Wildman–Crippen LogP) is 4.29. The minimum absolute atomic E-state index is 0.810. The van der Waals surface area contributed by atoms with Gasteiger partial charge in [-0.05, 0) is 43.4 Å². The summed E-state index contributed by atoms with van der Waals surface area (Å²) in [4.78, 5) is 3.37. The minimum atomic E-state index is 0.810. The highest BCUT2D eigenvalue weighted by Crippen LogP contribution is 2.35. The van der Waals surface area contributed by atoms with Crippen molar-refractivity contribution in [2.45, 2.75) is 26.7 Å². The molecule has 1 aromatic heterocycles. The van der Waals surface area contributed by atoms with E-state index in [-0.39, 0.29) is 0 Å². The second kappa shape index (κ2) is 3.51. The van der Waals surface area contributed by atoms with Crippen LogP contribution in [0.2, 0.25) is 0 Å².